The normalized spacial score (nSPS) is 10.6. The van der Waals surface area contributed by atoms with Crippen molar-refractivity contribution in [1.82, 2.24) is 15.0 Å². The van der Waals surface area contributed by atoms with Gasteiger partial charge >= 0.3 is 0 Å². The van der Waals surface area contributed by atoms with Crippen LogP contribution in [0.2, 0.25) is 0 Å². The van der Waals surface area contributed by atoms with Crippen LogP contribution in [0, 0.1) is 0 Å². The number of hydrogen-bond donors (Lipinski definition) is 2. The van der Waals surface area contributed by atoms with E-state index in [1.807, 2.05) is 17.5 Å². The topological polar surface area (TPSA) is 80.0 Å². The Morgan fingerprint density at radius 2 is 2.23 bits per heavy atom. The molecular formula is C15H14N4O2S. The highest BCUT2D eigenvalue weighted by Crippen LogP contribution is 2.13. The van der Waals surface area contributed by atoms with Crippen LogP contribution < -0.4 is 5.32 Å². The molecule has 3 rings (SSSR count). The molecule has 7 heteroatoms. The summed E-state index contributed by atoms with van der Waals surface area (Å²) in [5.74, 6) is -0.326. The minimum Gasteiger partial charge on any atom is -0.392 e. The van der Waals surface area contributed by atoms with Crippen molar-refractivity contribution in [2.75, 3.05) is 5.32 Å². The summed E-state index contributed by atoms with van der Waals surface area (Å²) in [4.78, 5) is 13.3. The fourth-order valence-corrected chi connectivity index (χ4v) is 2.68. The van der Waals surface area contributed by atoms with Crippen LogP contribution >= 0.6 is 11.3 Å². The standard InChI is InChI=1S/C15H14N4O2S/c20-10-11-3-1-4-12(7-11)16-15(21)14-9-19(18-17-14)8-13-5-2-6-22-13/h1-7,9,20H,8,10H2,(H,16,21). The number of anilines is 1. The van der Waals surface area contributed by atoms with Crippen LogP contribution in [0.15, 0.2) is 48.0 Å². The van der Waals surface area contributed by atoms with Gasteiger partial charge in [-0.3, -0.25) is 4.79 Å². The molecule has 112 valence electrons. The van der Waals surface area contributed by atoms with Gasteiger partial charge < -0.3 is 10.4 Å². The third-order valence-electron chi connectivity index (χ3n) is 3.04. The molecule has 22 heavy (non-hydrogen) atoms. The number of aliphatic hydroxyl groups is 1. The average molecular weight is 314 g/mol. The lowest BCUT2D eigenvalue weighted by atomic mass is 10.2. The van der Waals surface area contributed by atoms with Crippen molar-refractivity contribution in [1.29, 1.82) is 0 Å². The Labute approximate surface area is 131 Å². The van der Waals surface area contributed by atoms with Crippen LogP contribution in [0.1, 0.15) is 20.9 Å². The smallest absolute Gasteiger partial charge is 0.277 e. The van der Waals surface area contributed by atoms with Gasteiger partial charge in [-0.25, -0.2) is 4.68 Å². The minimum absolute atomic E-state index is 0.0687. The number of thiophene rings is 1. The van der Waals surface area contributed by atoms with Gasteiger partial charge in [-0.2, -0.15) is 0 Å². The number of amides is 1. The second-order valence-electron chi connectivity index (χ2n) is 4.69. The molecule has 0 unspecified atom stereocenters. The van der Waals surface area contributed by atoms with Gasteiger partial charge in [-0.1, -0.05) is 23.4 Å². The maximum Gasteiger partial charge on any atom is 0.277 e. The molecule has 0 atom stereocenters. The molecule has 2 aromatic heterocycles. The summed E-state index contributed by atoms with van der Waals surface area (Å²) in [6.07, 6.45) is 1.62. The SMILES string of the molecule is O=C(Nc1cccc(CO)c1)c1cn(Cc2cccs2)nn1. The fourth-order valence-electron chi connectivity index (χ4n) is 1.98. The summed E-state index contributed by atoms with van der Waals surface area (Å²) in [5, 5.41) is 21.7. The number of nitrogens with zero attached hydrogens (tertiary/aromatic N) is 3. The molecule has 0 aliphatic heterocycles. The molecule has 0 bridgehead atoms. The van der Waals surface area contributed by atoms with E-state index in [9.17, 15) is 4.79 Å². The predicted octanol–water partition coefficient (Wildman–Crippen LogP) is 2.13. The van der Waals surface area contributed by atoms with Crippen LogP contribution in [0.5, 0.6) is 0 Å². The summed E-state index contributed by atoms with van der Waals surface area (Å²) in [6.45, 7) is 0.526. The Morgan fingerprint density at radius 3 is 3.00 bits per heavy atom. The van der Waals surface area contributed by atoms with E-state index in [0.717, 1.165) is 10.4 Å². The van der Waals surface area contributed by atoms with E-state index in [-0.39, 0.29) is 18.2 Å². The van der Waals surface area contributed by atoms with Crippen molar-refractivity contribution < 1.29 is 9.90 Å². The predicted molar refractivity (Wildman–Crippen MR) is 83.8 cm³/mol. The minimum atomic E-state index is -0.326. The zero-order valence-electron chi connectivity index (χ0n) is 11.6. The van der Waals surface area contributed by atoms with Crippen molar-refractivity contribution in [3.05, 3.63) is 64.1 Å². The zero-order valence-corrected chi connectivity index (χ0v) is 12.5. The van der Waals surface area contributed by atoms with E-state index in [4.69, 9.17) is 5.11 Å². The maximum atomic E-state index is 12.1. The number of aromatic nitrogens is 3. The molecule has 1 aromatic carbocycles. The lowest BCUT2D eigenvalue weighted by Gasteiger charge is -2.04. The molecule has 0 aliphatic carbocycles. The zero-order chi connectivity index (χ0) is 15.4. The molecule has 6 nitrogen and oxygen atoms in total. The highest BCUT2D eigenvalue weighted by molar-refractivity contribution is 7.09. The molecule has 0 fully saturated rings. The van der Waals surface area contributed by atoms with Gasteiger partial charge in [0.05, 0.1) is 19.3 Å². The maximum absolute atomic E-state index is 12.1. The molecule has 2 N–H and O–H groups in total. The van der Waals surface area contributed by atoms with E-state index in [1.165, 1.54) is 0 Å². The summed E-state index contributed by atoms with van der Waals surface area (Å²) >= 11 is 1.63. The molecule has 0 saturated carbocycles. The third-order valence-corrected chi connectivity index (χ3v) is 3.90. The Bertz CT molecular complexity index is 767. The summed E-state index contributed by atoms with van der Waals surface area (Å²) in [6, 6.07) is 11.0. The van der Waals surface area contributed by atoms with E-state index in [0.29, 0.717) is 12.2 Å². The van der Waals surface area contributed by atoms with Gasteiger partial charge in [0.25, 0.3) is 5.91 Å². The van der Waals surface area contributed by atoms with E-state index in [2.05, 4.69) is 15.6 Å². The second-order valence-corrected chi connectivity index (χ2v) is 5.73. The lowest BCUT2D eigenvalue weighted by molar-refractivity contribution is 0.102. The van der Waals surface area contributed by atoms with Gasteiger partial charge in [0.15, 0.2) is 5.69 Å². The summed E-state index contributed by atoms with van der Waals surface area (Å²) in [5.41, 5.74) is 1.61. The number of benzene rings is 1. The van der Waals surface area contributed by atoms with Crippen molar-refractivity contribution >= 4 is 22.9 Å². The molecule has 0 radical (unpaired) electrons. The van der Waals surface area contributed by atoms with Crippen molar-refractivity contribution in [3.63, 3.8) is 0 Å². The van der Waals surface area contributed by atoms with Gasteiger partial charge in [0, 0.05) is 10.6 Å². The molecule has 3 aromatic rings. The van der Waals surface area contributed by atoms with Gasteiger partial charge in [-0.15, -0.1) is 16.4 Å². The molecule has 0 spiro atoms. The van der Waals surface area contributed by atoms with Gasteiger partial charge in [-0.05, 0) is 29.1 Å². The van der Waals surface area contributed by atoms with Crippen LogP contribution in [-0.4, -0.2) is 26.0 Å². The Morgan fingerprint density at radius 1 is 1.32 bits per heavy atom. The highest BCUT2D eigenvalue weighted by Gasteiger charge is 2.11. The lowest BCUT2D eigenvalue weighted by Crippen LogP contribution is -2.12. The van der Waals surface area contributed by atoms with E-state index >= 15 is 0 Å². The number of hydrogen-bond acceptors (Lipinski definition) is 5. The monoisotopic (exact) mass is 314 g/mol. The molecule has 2 heterocycles. The number of carbonyl (C=O) groups excluding carboxylic acids is 1. The van der Waals surface area contributed by atoms with E-state index in [1.54, 1.807) is 46.5 Å². The van der Waals surface area contributed by atoms with E-state index < -0.39 is 0 Å². The largest absolute Gasteiger partial charge is 0.392 e. The van der Waals surface area contributed by atoms with Crippen molar-refractivity contribution in [3.8, 4) is 0 Å². The molecule has 1 amide bonds. The first kappa shape index (κ1) is 14.4. The number of carbonyl (C=O) groups is 1. The first-order valence-corrected chi connectivity index (χ1v) is 7.56. The van der Waals surface area contributed by atoms with Crippen LogP contribution in [0.4, 0.5) is 5.69 Å². The number of rotatable bonds is 5. The first-order valence-electron chi connectivity index (χ1n) is 6.68. The molecular weight excluding hydrogens is 300 g/mol. The van der Waals surface area contributed by atoms with Gasteiger partial charge in [0.2, 0.25) is 0 Å². The highest BCUT2D eigenvalue weighted by atomic mass is 32.1. The number of aliphatic hydroxyl groups excluding tert-OH is 1. The Balaban J connectivity index is 1.68. The third kappa shape index (κ3) is 3.38. The van der Waals surface area contributed by atoms with Crippen LogP contribution in [0.25, 0.3) is 0 Å². The van der Waals surface area contributed by atoms with Crippen LogP contribution in [0.3, 0.4) is 0 Å². The quantitative estimate of drug-likeness (QED) is 0.756. The molecule has 0 saturated heterocycles. The average Bonchev–Trinajstić information content (AvgIpc) is 3.20. The Kier molecular flexibility index (Phi) is 4.27. The fraction of sp³-hybridized carbons (Fsp3) is 0.133. The second kappa shape index (κ2) is 6.50. The van der Waals surface area contributed by atoms with Crippen molar-refractivity contribution in [2.45, 2.75) is 13.2 Å². The summed E-state index contributed by atoms with van der Waals surface area (Å²) < 4.78 is 1.63. The first-order chi connectivity index (χ1) is 10.7. The number of nitrogens with one attached hydrogen (secondary N) is 1. The van der Waals surface area contributed by atoms with Crippen molar-refractivity contribution in [2.24, 2.45) is 0 Å². The summed E-state index contributed by atoms with van der Waals surface area (Å²) in [7, 11) is 0. The Hall–Kier alpha value is -2.51. The van der Waals surface area contributed by atoms with Gasteiger partial charge in [0.1, 0.15) is 0 Å². The molecule has 0 aliphatic rings. The van der Waals surface area contributed by atoms with Crippen LogP contribution in [-0.2, 0) is 13.2 Å².